The van der Waals surface area contributed by atoms with Crippen molar-refractivity contribution < 1.29 is 8.42 Å². The molecule has 1 aromatic rings. The maximum atomic E-state index is 12.2. The van der Waals surface area contributed by atoms with Gasteiger partial charge in [0, 0.05) is 16.2 Å². The Labute approximate surface area is 116 Å². The Morgan fingerprint density at radius 1 is 1.39 bits per heavy atom. The molecule has 1 aliphatic rings. The van der Waals surface area contributed by atoms with Crippen LogP contribution in [0.25, 0.3) is 0 Å². The average Bonchev–Trinajstić information content (AvgIpc) is 2.20. The maximum absolute atomic E-state index is 12.2. The minimum atomic E-state index is -3.46. The number of benzene rings is 1. The third-order valence-corrected chi connectivity index (χ3v) is 5.63. The van der Waals surface area contributed by atoms with Gasteiger partial charge in [-0.25, -0.2) is 13.1 Å². The molecule has 2 rings (SSSR count). The van der Waals surface area contributed by atoms with E-state index in [1.807, 2.05) is 0 Å². The molecule has 0 aromatic heterocycles. The van der Waals surface area contributed by atoms with Crippen molar-refractivity contribution in [3.8, 4) is 0 Å². The highest BCUT2D eigenvalue weighted by Crippen LogP contribution is 2.30. The average molecular weight is 333 g/mol. The third-order valence-electron chi connectivity index (χ3n) is 3.28. The van der Waals surface area contributed by atoms with E-state index >= 15 is 0 Å². The zero-order valence-corrected chi connectivity index (χ0v) is 12.8. The highest BCUT2D eigenvalue weighted by Gasteiger charge is 2.30. The van der Waals surface area contributed by atoms with Crippen LogP contribution in [0.15, 0.2) is 21.5 Å². The first-order valence-electron chi connectivity index (χ1n) is 5.87. The lowest BCUT2D eigenvalue weighted by atomic mass is 9.83. The molecule has 0 unspecified atom stereocenters. The van der Waals surface area contributed by atoms with Gasteiger partial charge in [-0.2, -0.15) is 0 Å². The smallest absolute Gasteiger partial charge is 0.241 e. The van der Waals surface area contributed by atoms with E-state index in [-0.39, 0.29) is 10.9 Å². The molecule has 3 N–H and O–H groups in total. The molecule has 0 amide bonds. The minimum absolute atomic E-state index is 0.0641. The van der Waals surface area contributed by atoms with E-state index in [2.05, 4.69) is 27.6 Å². The van der Waals surface area contributed by atoms with Gasteiger partial charge in [-0.3, -0.25) is 0 Å². The summed E-state index contributed by atoms with van der Waals surface area (Å²) in [6.07, 6.45) is 1.81. The van der Waals surface area contributed by atoms with E-state index in [4.69, 9.17) is 5.73 Å². The van der Waals surface area contributed by atoms with Gasteiger partial charge >= 0.3 is 0 Å². The fraction of sp³-hybridized carbons (Fsp3) is 0.500. The van der Waals surface area contributed by atoms with Crippen molar-refractivity contribution in [1.82, 2.24) is 4.72 Å². The fourth-order valence-electron chi connectivity index (χ4n) is 2.24. The van der Waals surface area contributed by atoms with Gasteiger partial charge in [0.05, 0.1) is 4.90 Å². The van der Waals surface area contributed by atoms with Crippen molar-refractivity contribution in [2.24, 2.45) is 5.92 Å². The first-order valence-corrected chi connectivity index (χ1v) is 8.15. The van der Waals surface area contributed by atoms with Gasteiger partial charge in [0.15, 0.2) is 0 Å². The number of anilines is 1. The van der Waals surface area contributed by atoms with Gasteiger partial charge in [-0.15, -0.1) is 0 Å². The van der Waals surface area contributed by atoms with Crippen LogP contribution in [0.3, 0.4) is 0 Å². The van der Waals surface area contributed by atoms with Crippen LogP contribution in [0.4, 0.5) is 5.69 Å². The van der Waals surface area contributed by atoms with E-state index in [0.29, 0.717) is 17.2 Å². The Bertz CT molecular complexity index is 566. The summed E-state index contributed by atoms with van der Waals surface area (Å²) in [5.41, 5.74) is 6.87. The van der Waals surface area contributed by atoms with Gasteiger partial charge in [-0.05, 0) is 59.3 Å². The van der Waals surface area contributed by atoms with Crippen LogP contribution < -0.4 is 10.5 Å². The van der Waals surface area contributed by atoms with Crippen LogP contribution in [0.2, 0.25) is 0 Å². The summed E-state index contributed by atoms with van der Waals surface area (Å²) in [7, 11) is -3.46. The second-order valence-electron chi connectivity index (χ2n) is 5.03. The topological polar surface area (TPSA) is 72.2 Å². The molecule has 1 fully saturated rings. The van der Waals surface area contributed by atoms with Crippen molar-refractivity contribution in [3.05, 3.63) is 22.2 Å². The highest BCUT2D eigenvalue weighted by molar-refractivity contribution is 9.10. The molecule has 1 aromatic carbocycles. The molecular formula is C12H17BrN2O2S. The lowest BCUT2D eigenvalue weighted by Gasteiger charge is -2.33. The van der Waals surface area contributed by atoms with Crippen molar-refractivity contribution in [3.63, 3.8) is 0 Å². The van der Waals surface area contributed by atoms with Crippen molar-refractivity contribution in [1.29, 1.82) is 0 Å². The Morgan fingerprint density at radius 2 is 2.00 bits per heavy atom. The normalized spacial score (nSPS) is 23.7. The summed E-state index contributed by atoms with van der Waals surface area (Å²) in [6, 6.07) is 3.30. The molecule has 4 nitrogen and oxygen atoms in total. The number of hydrogen-bond donors (Lipinski definition) is 2. The predicted octanol–water partition coefficient (Wildman–Crippen LogP) is 2.42. The quantitative estimate of drug-likeness (QED) is 0.835. The zero-order chi connectivity index (χ0) is 13.5. The van der Waals surface area contributed by atoms with Crippen molar-refractivity contribution in [2.75, 3.05) is 5.73 Å². The summed E-state index contributed by atoms with van der Waals surface area (Å²) < 4.78 is 27.9. The van der Waals surface area contributed by atoms with Crippen LogP contribution in [0.5, 0.6) is 0 Å². The first kappa shape index (κ1) is 13.8. The summed E-state index contributed by atoms with van der Waals surface area (Å²) in [5, 5.41) is 0. The monoisotopic (exact) mass is 332 g/mol. The van der Waals surface area contributed by atoms with E-state index in [1.54, 1.807) is 13.0 Å². The first-order chi connectivity index (χ1) is 8.29. The number of nitrogens with two attached hydrogens (primary N) is 1. The maximum Gasteiger partial charge on any atom is 0.241 e. The molecule has 6 heteroatoms. The van der Waals surface area contributed by atoms with Gasteiger partial charge < -0.3 is 5.73 Å². The number of nitrogen functional groups attached to an aromatic ring is 1. The van der Waals surface area contributed by atoms with Crippen LogP contribution in [-0.4, -0.2) is 14.5 Å². The molecule has 1 saturated carbocycles. The SMILES string of the molecule is Cc1cc(Br)c(N)cc1S(=O)(=O)NC1CC(C)C1. The Kier molecular flexibility index (Phi) is 3.71. The van der Waals surface area contributed by atoms with Gasteiger partial charge in [0.2, 0.25) is 10.0 Å². The van der Waals surface area contributed by atoms with Crippen LogP contribution in [0.1, 0.15) is 25.3 Å². The molecule has 1 aliphatic carbocycles. The van der Waals surface area contributed by atoms with Crippen molar-refractivity contribution in [2.45, 2.75) is 37.6 Å². The van der Waals surface area contributed by atoms with E-state index in [0.717, 1.165) is 17.3 Å². The summed E-state index contributed by atoms with van der Waals surface area (Å²) in [4.78, 5) is 0.266. The van der Waals surface area contributed by atoms with E-state index in [1.165, 1.54) is 6.07 Å². The van der Waals surface area contributed by atoms with Crippen LogP contribution in [-0.2, 0) is 10.0 Å². The third kappa shape index (κ3) is 2.70. The summed E-state index contributed by atoms with van der Waals surface area (Å²) in [6.45, 7) is 3.88. The molecule has 0 spiro atoms. The number of rotatable bonds is 3. The Morgan fingerprint density at radius 3 is 2.56 bits per heavy atom. The van der Waals surface area contributed by atoms with Gasteiger partial charge in [-0.1, -0.05) is 6.92 Å². The van der Waals surface area contributed by atoms with Gasteiger partial charge in [0.1, 0.15) is 0 Å². The largest absolute Gasteiger partial charge is 0.398 e. The fourth-order valence-corrected chi connectivity index (χ4v) is 4.22. The molecule has 0 bridgehead atoms. The molecular weight excluding hydrogens is 316 g/mol. The lowest BCUT2D eigenvalue weighted by Crippen LogP contribution is -2.43. The number of sulfonamides is 1. The Balaban J connectivity index is 2.27. The van der Waals surface area contributed by atoms with Crippen LogP contribution >= 0.6 is 15.9 Å². The number of nitrogens with one attached hydrogen (secondary N) is 1. The number of hydrogen-bond acceptors (Lipinski definition) is 3. The highest BCUT2D eigenvalue weighted by atomic mass is 79.9. The second-order valence-corrected chi connectivity index (χ2v) is 7.57. The molecule has 100 valence electrons. The summed E-state index contributed by atoms with van der Waals surface area (Å²) in [5.74, 6) is 0.605. The number of aryl methyl sites for hydroxylation is 1. The molecule has 0 aliphatic heterocycles. The Hall–Kier alpha value is -0.590. The van der Waals surface area contributed by atoms with E-state index in [9.17, 15) is 8.42 Å². The molecule has 0 atom stereocenters. The van der Waals surface area contributed by atoms with Crippen LogP contribution in [0, 0.1) is 12.8 Å². The molecule has 0 radical (unpaired) electrons. The van der Waals surface area contributed by atoms with E-state index < -0.39 is 10.0 Å². The number of halogens is 1. The summed E-state index contributed by atoms with van der Waals surface area (Å²) >= 11 is 3.29. The van der Waals surface area contributed by atoms with Crippen molar-refractivity contribution >= 4 is 31.6 Å². The molecule has 18 heavy (non-hydrogen) atoms. The molecule has 0 saturated heterocycles. The van der Waals surface area contributed by atoms with Gasteiger partial charge in [0.25, 0.3) is 0 Å². The second kappa shape index (κ2) is 4.83. The zero-order valence-electron chi connectivity index (χ0n) is 10.4. The predicted molar refractivity (Wildman–Crippen MR) is 75.8 cm³/mol. The standard InChI is InChI=1S/C12H17BrN2O2S/c1-7-3-9(4-7)15-18(16,17)12-6-11(14)10(13)5-8(12)2/h5-7,9,15H,3-4,14H2,1-2H3. The lowest BCUT2D eigenvalue weighted by molar-refractivity contribution is 0.270. The molecule has 0 heterocycles. The minimum Gasteiger partial charge on any atom is -0.398 e.